The molecule has 0 saturated carbocycles. The molecular weight excluding hydrogens is 433 g/mol. The fourth-order valence-corrected chi connectivity index (χ4v) is 3.46. The lowest BCUT2D eigenvalue weighted by molar-refractivity contribution is -0.384. The van der Waals surface area contributed by atoms with Gasteiger partial charge in [0.25, 0.3) is 5.69 Å². The van der Waals surface area contributed by atoms with Crippen molar-refractivity contribution in [3.8, 4) is 11.4 Å². The summed E-state index contributed by atoms with van der Waals surface area (Å²) in [5, 5.41) is 22.1. The predicted molar refractivity (Wildman–Crippen MR) is 113 cm³/mol. The van der Waals surface area contributed by atoms with Crippen molar-refractivity contribution in [3.63, 3.8) is 0 Å². The van der Waals surface area contributed by atoms with Crippen LogP contribution in [0.2, 0.25) is 5.02 Å². The molecule has 0 spiro atoms. The van der Waals surface area contributed by atoms with E-state index in [0.29, 0.717) is 28.8 Å². The molecule has 2 aromatic carbocycles. The smallest absolute Gasteiger partial charge is 0.269 e. The van der Waals surface area contributed by atoms with E-state index in [1.807, 2.05) is 0 Å². The molecule has 0 saturated heterocycles. The van der Waals surface area contributed by atoms with Gasteiger partial charge in [0.2, 0.25) is 5.91 Å². The Hall–Kier alpha value is -3.24. The maximum absolute atomic E-state index is 13.2. The number of hydrogen-bond acceptors (Lipinski definition) is 6. The van der Waals surface area contributed by atoms with Crippen molar-refractivity contribution in [2.45, 2.75) is 11.7 Å². The maximum atomic E-state index is 13.2. The summed E-state index contributed by atoms with van der Waals surface area (Å²) in [7, 11) is 0. The fourth-order valence-electron chi connectivity index (χ4n) is 2.54. The van der Waals surface area contributed by atoms with Gasteiger partial charge < -0.3 is 5.32 Å². The first-order chi connectivity index (χ1) is 14.4. The van der Waals surface area contributed by atoms with Gasteiger partial charge in [0.15, 0.2) is 11.0 Å². The number of carbonyl (C=O) groups excluding carboxylic acids is 1. The molecule has 1 N–H and O–H groups in total. The molecule has 1 aromatic heterocycles. The van der Waals surface area contributed by atoms with Gasteiger partial charge in [-0.25, -0.2) is 4.39 Å². The lowest BCUT2D eigenvalue weighted by Crippen LogP contribution is -2.14. The van der Waals surface area contributed by atoms with Crippen LogP contribution >= 0.6 is 23.4 Å². The van der Waals surface area contributed by atoms with Crippen molar-refractivity contribution >= 4 is 40.6 Å². The van der Waals surface area contributed by atoms with Crippen LogP contribution in [0.1, 0.15) is 0 Å². The van der Waals surface area contributed by atoms with Gasteiger partial charge in [-0.15, -0.1) is 16.8 Å². The number of allylic oxidation sites excluding steroid dienone is 1. The number of nitro groups is 1. The molecule has 11 heteroatoms. The summed E-state index contributed by atoms with van der Waals surface area (Å²) in [6.07, 6.45) is 1.66. The third kappa shape index (κ3) is 5.02. The van der Waals surface area contributed by atoms with E-state index in [1.54, 1.807) is 22.8 Å². The Morgan fingerprint density at radius 3 is 2.67 bits per heavy atom. The standard InChI is InChI=1S/C19H15ClFN5O3S/c1-2-9-25-18(12-3-6-14(7-4-12)26(28)29)23-24-19(25)30-11-17(27)22-13-5-8-16(21)15(20)10-13/h2-8,10H,1,9,11H2,(H,22,27). The van der Waals surface area contributed by atoms with Gasteiger partial charge in [0, 0.05) is 29.9 Å². The highest BCUT2D eigenvalue weighted by Crippen LogP contribution is 2.26. The number of hydrogen-bond donors (Lipinski definition) is 1. The maximum Gasteiger partial charge on any atom is 0.269 e. The minimum absolute atomic E-state index is 0.0271. The topological polar surface area (TPSA) is 103 Å². The first-order valence-electron chi connectivity index (χ1n) is 8.55. The first-order valence-corrected chi connectivity index (χ1v) is 9.92. The first kappa shape index (κ1) is 21.5. The highest BCUT2D eigenvalue weighted by molar-refractivity contribution is 7.99. The summed E-state index contributed by atoms with van der Waals surface area (Å²) in [5.41, 5.74) is 0.999. The molecule has 0 aliphatic carbocycles. The Bertz CT molecular complexity index is 1100. The number of halogens is 2. The Labute approximate surface area is 179 Å². The zero-order chi connectivity index (χ0) is 21.7. The number of nitro benzene ring substituents is 1. The molecule has 0 fully saturated rings. The van der Waals surface area contributed by atoms with Gasteiger partial charge >= 0.3 is 0 Å². The second-order valence-electron chi connectivity index (χ2n) is 5.98. The Balaban J connectivity index is 1.72. The van der Waals surface area contributed by atoms with E-state index in [-0.39, 0.29) is 22.4 Å². The number of thioether (sulfide) groups is 1. The van der Waals surface area contributed by atoms with Crippen LogP contribution in [0.4, 0.5) is 15.8 Å². The summed E-state index contributed by atoms with van der Waals surface area (Å²) in [6.45, 7) is 4.10. The quantitative estimate of drug-likeness (QED) is 0.235. The van der Waals surface area contributed by atoms with Crippen molar-refractivity contribution in [2.75, 3.05) is 11.1 Å². The van der Waals surface area contributed by atoms with Crippen molar-refractivity contribution in [1.29, 1.82) is 0 Å². The van der Waals surface area contributed by atoms with Crippen LogP contribution in [0.25, 0.3) is 11.4 Å². The average molecular weight is 448 g/mol. The van der Waals surface area contributed by atoms with Crippen LogP contribution in [-0.4, -0.2) is 31.3 Å². The van der Waals surface area contributed by atoms with E-state index >= 15 is 0 Å². The van der Waals surface area contributed by atoms with E-state index < -0.39 is 10.7 Å². The van der Waals surface area contributed by atoms with Gasteiger partial charge in [0.1, 0.15) is 5.82 Å². The van der Waals surface area contributed by atoms with Crippen molar-refractivity contribution in [3.05, 3.63) is 76.1 Å². The Kier molecular flexibility index (Phi) is 6.80. The zero-order valence-electron chi connectivity index (χ0n) is 15.4. The number of rotatable bonds is 8. The summed E-state index contributed by atoms with van der Waals surface area (Å²) in [6, 6.07) is 9.85. The average Bonchev–Trinajstić information content (AvgIpc) is 3.12. The van der Waals surface area contributed by atoms with E-state index in [0.717, 1.165) is 11.8 Å². The molecule has 3 aromatic rings. The van der Waals surface area contributed by atoms with Gasteiger partial charge in [-0.3, -0.25) is 19.5 Å². The minimum atomic E-state index is -0.569. The SMILES string of the molecule is C=CCn1c(SCC(=O)Nc2ccc(F)c(Cl)c2)nnc1-c1ccc([N+](=O)[O-])cc1. The molecule has 154 valence electrons. The number of nitrogens with zero attached hydrogens (tertiary/aromatic N) is 4. The third-order valence-corrected chi connectivity index (χ3v) is 5.16. The van der Waals surface area contributed by atoms with Crippen molar-refractivity contribution in [2.24, 2.45) is 0 Å². The molecule has 0 unspecified atom stereocenters. The fraction of sp³-hybridized carbons (Fsp3) is 0.105. The van der Waals surface area contributed by atoms with E-state index in [9.17, 15) is 19.3 Å². The number of nitrogens with one attached hydrogen (secondary N) is 1. The zero-order valence-corrected chi connectivity index (χ0v) is 17.0. The normalized spacial score (nSPS) is 10.6. The lowest BCUT2D eigenvalue weighted by atomic mass is 10.2. The van der Waals surface area contributed by atoms with E-state index in [4.69, 9.17) is 11.6 Å². The van der Waals surface area contributed by atoms with E-state index in [1.165, 1.54) is 30.3 Å². The summed E-state index contributed by atoms with van der Waals surface area (Å²) in [4.78, 5) is 22.6. The van der Waals surface area contributed by atoms with Crippen LogP contribution in [0.5, 0.6) is 0 Å². The second kappa shape index (κ2) is 9.51. The number of carbonyl (C=O) groups is 1. The molecule has 1 amide bonds. The number of aromatic nitrogens is 3. The van der Waals surface area contributed by atoms with Crippen molar-refractivity contribution in [1.82, 2.24) is 14.8 Å². The van der Waals surface area contributed by atoms with Crippen LogP contribution < -0.4 is 5.32 Å². The number of benzene rings is 2. The molecule has 3 rings (SSSR count). The molecule has 1 heterocycles. The second-order valence-corrected chi connectivity index (χ2v) is 7.32. The number of non-ortho nitro benzene ring substituents is 1. The Morgan fingerprint density at radius 2 is 2.03 bits per heavy atom. The monoisotopic (exact) mass is 447 g/mol. The Morgan fingerprint density at radius 1 is 1.30 bits per heavy atom. The van der Waals surface area contributed by atoms with E-state index in [2.05, 4.69) is 22.1 Å². The minimum Gasteiger partial charge on any atom is -0.325 e. The molecule has 0 aliphatic rings. The molecule has 30 heavy (non-hydrogen) atoms. The van der Waals surface area contributed by atoms with Crippen LogP contribution in [-0.2, 0) is 11.3 Å². The van der Waals surface area contributed by atoms with Crippen LogP contribution in [0, 0.1) is 15.9 Å². The van der Waals surface area contributed by atoms with Crippen LogP contribution in [0.3, 0.4) is 0 Å². The molecule has 0 bridgehead atoms. The predicted octanol–water partition coefficient (Wildman–Crippen LogP) is 4.56. The summed E-state index contributed by atoms with van der Waals surface area (Å²) < 4.78 is 15.0. The molecule has 0 radical (unpaired) electrons. The summed E-state index contributed by atoms with van der Waals surface area (Å²) >= 11 is 6.87. The number of amides is 1. The molecule has 0 atom stereocenters. The largest absolute Gasteiger partial charge is 0.325 e. The highest BCUT2D eigenvalue weighted by Gasteiger charge is 2.16. The van der Waals surface area contributed by atoms with Gasteiger partial charge in [0.05, 0.1) is 15.7 Å². The molecular formula is C19H15ClFN5O3S. The highest BCUT2D eigenvalue weighted by atomic mass is 35.5. The number of anilines is 1. The lowest BCUT2D eigenvalue weighted by Gasteiger charge is -2.08. The summed E-state index contributed by atoms with van der Waals surface area (Å²) in [5.74, 6) is -0.365. The molecule has 8 nitrogen and oxygen atoms in total. The van der Waals surface area contributed by atoms with Crippen molar-refractivity contribution < 1.29 is 14.1 Å². The van der Waals surface area contributed by atoms with Gasteiger partial charge in [-0.05, 0) is 30.3 Å². The van der Waals surface area contributed by atoms with Gasteiger partial charge in [-0.1, -0.05) is 29.4 Å². The third-order valence-electron chi connectivity index (χ3n) is 3.90. The molecule has 0 aliphatic heterocycles. The van der Waals surface area contributed by atoms with Crippen LogP contribution in [0.15, 0.2) is 60.3 Å². The van der Waals surface area contributed by atoms with Gasteiger partial charge in [-0.2, -0.15) is 0 Å².